The van der Waals surface area contributed by atoms with Crippen LogP contribution in [0.25, 0.3) is 0 Å². The van der Waals surface area contributed by atoms with Crippen molar-refractivity contribution in [3.8, 4) is 6.07 Å². The van der Waals surface area contributed by atoms with E-state index < -0.39 is 6.03 Å². The summed E-state index contributed by atoms with van der Waals surface area (Å²) in [6.07, 6.45) is 4.72. The number of nitriles is 1. The van der Waals surface area contributed by atoms with E-state index in [-0.39, 0.29) is 17.9 Å². The zero-order chi connectivity index (χ0) is 20.5. The first-order valence-electron chi connectivity index (χ1n) is 9.37. The molecule has 1 fully saturated rings. The Hall–Kier alpha value is -3.08. The maximum atomic E-state index is 12.7. The molecule has 0 aromatic heterocycles. The summed E-state index contributed by atoms with van der Waals surface area (Å²) in [4.78, 5) is 35.5. The molecule has 0 radical (unpaired) electrons. The van der Waals surface area contributed by atoms with Crippen LogP contribution < -0.4 is 15.8 Å². The number of anilines is 1. The molecule has 3 amide bonds. The first-order valence-corrected chi connectivity index (χ1v) is 9.37. The molecule has 2 N–H and O–H groups in total. The van der Waals surface area contributed by atoms with Gasteiger partial charge in [-0.05, 0) is 62.3 Å². The summed E-state index contributed by atoms with van der Waals surface area (Å²) in [5.74, 6) is -0.105. The van der Waals surface area contributed by atoms with Gasteiger partial charge in [-0.3, -0.25) is 15.0 Å². The smallest absolute Gasteiger partial charge is 0.341 e. The highest BCUT2D eigenvalue weighted by atomic mass is 16.5. The van der Waals surface area contributed by atoms with Crippen molar-refractivity contribution in [1.29, 1.82) is 5.26 Å². The number of rotatable bonds is 5. The summed E-state index contributed by atoms with van der Waals surface area (Å²) >= 11 is 0. The van der Waals surface area contributed by atoms with Crippen LogP contribution in [0.1, 0.15) is 51.0 Å². The summed E-state index contributed by atoms with van der Waals surface area (Å²) in [5, 5.41) is 13.0. The second kappa shape index (κ2) is 10.3. The molecule has 8 heteroatoms. The fourth-order valence-corrected chi connectivity index (χ4v) is 3.33. The third kappa shape index (κ3) is 6.27. The van der Waals surface area contributed by atoms with E-state index in [0.717, 1.165) is 37.1 Å². The predicted molar refractivity (Wildman–Crippen MR) is 103 cm³/mol. The first-order chi connectivity index (χ1) is 13.4. The van der Waals surface area contributed by atoms with Gasteiger partial charge in [-0.2, -0.15) is 5.26 Å². The number of carbonyl (C=O) groups excluding carboxylic acids is 3. The van der Waals surface area contributed by atoms with Crippen LogP contribution in [-0.2, 0) is 14.3 Å². The van der Waals surface area contributed by atoms with E-state index in [4.69, 9.17) is 5.26 Å². The molecular formula is C20H26N4O4. The van der Waals surface area contributed by atoms with Crippen molar-refractivity contribution in [2.45, 2.75) is 51.5 Å². The number of ether oxygens (including phenoxy) is 1. The topological polar surface area (TPSA) is 112 Å². The van der Waals surface area contributed by atoms with E-state index in [2.05, 4.69) is 15.5 Å². The maximum absolute atomic E-state index is 12.7. The molecule has 0 atom stereocenters. The third-order valence-corrected chi connectivity index (χ3v) is 4.89. The molecule has 150 valence electrons. The summed E-state index contributed by atoms with van der Waals surface area (Å²) in [6, 6.07) is 8.00. The lowest BCUT2D eigenvalue weighted by molar-refractivity contribution is -0.141. The Morgan fingerprint density at radius 2 is 1.82 bits per heavy atom. The summed E-state index contributed by atoms with van der Waals surface area (Å²) < 4.78 is 4.68. The average Bonchev–Trinajstić information content (AvgIpc) is 2.71. The molecule has 0 aliphatic heterocycles. The number of urea groups is 1. The Morgan fingerprint density at radius 1 is 1.18 bits per heavy atom. The number of nitrogens with one attached hydrogen (secondary N) is 2. The molecule has 0 unspecified atom stereocenters. The lowest BCUT2D eigenvalue weighted by atomic mass is 9.83. The van der Waals surface area contributed by atoms with Crippen molar-refractivity contribution in [2.24, 2.45) is 5.92 Å². The van der Waals surface area contributed by atoms with Gasteiger partial charge in [0, 0.05) is 19.4 Å². The molecule has 0 bridgehead atoms. The number of nitrogens with zero attached hydrogens (tertiary/aromatic N) is 2. The first kappa shape index (κ1) is 21.2. The van der Waals surface area contributed by atoms with E-state index in [9.17, 15) is 14.4 Å². The summed E-state index contributed by atoms with van der Waals surface area (Å²) in [7, 11) is 1.39. The largest absolute Gasteiger partial charge is 0.469 e. The Kier molecular flexibility index (Phi) is 7.81. The number of hydrogen-bond donors (Lipinski definition) is 2. The molecule has 8 nitrogen and oxygen atoms in total. The van der Waals surface area contributed by atoms with Gasteiger partial charge in [-0.1, -0.05) is 0 Å². The second-order valence-corrected chi connectivity index (χ2v) is 6.94. The van der Waals surface area contributed by atoms with Crippen molar-refractivity contribution in [2.75, 3.05) is 12.1 Å². The molecule has 1 saturated carbocycles. The normalized spacial score (nSPS) is 18.5. The van der Waals surface area contributed by atoms with Crippen LogP contribution in [0.2, 0.25) is 0 Å². The Bertz CT molecular complexity index is 734. The molecule has 0 saturated heterocycles. The van der Waals surface area contributed by atoms with E-state index in [1.54, 1.807) is 24.3 Å². The number of hydrazine groups is 1. The number of amides is 3. The highest BCUT2D eigenvalue weighted by Gasteiger charge is 2.25. The average molecular weight is 386 g/mol. The van der Waals surface area contributed by atoms with Gasteiger partial charge >= 0.3 is 12.0 Å². The monoisotopic (exact) mass is 386 g/mol. The predicted octanol–water partition coefficient (Wildman–Crippen LogP) is 2.64. The molecule has 2 rings (SSSR count). The molecule has 28 heavy (non-hydrogen) atoms. The van der Waals surface area contributed by atoms with Gasteiger partial charge in [0.25, 0.3) is 0 Å². The number of benzene rings is 1. The van der Waals surface area contributed by atoms with Gasteiger partial charge in [0.1, 0.15) is 0 Å². The van der Waals surface area contributed by atoms with E-state index in [1.807, 2.05) is 6.07 Å². The molecule has 1 aliphatic rings. The quantitative estimate of drug-likeness (QED) is 0.597. The van der Waals surface area contributed by atoms with Gasteiger partial charge < -0.3 is 10.1 Å². The van der Waals surface area contributed by atoms with Crippen molar-refractivity contribution in [3.63, 3.8) is 0 Å². The third-order valence-electron chi connectivity index (χ3n) is 4.89. The minimum absolute atomic E-state index is 0.0107. The molecule has 1 aromatic rings. The van der Waals surface area contributed by atoms with Gasteiger partial charge in [0.15, 0.2) is 0 Å². The fourth-order valence-electron chi connectivity index (χ4n) is 3.33. The Labute approximate surface area is 164 Å². The second-order valence-electron chi connectivity index (χ2n) is 6.94. The Balaban J connectivity index is 1.92. The Morgan fingerprint density at radius 3 is 2.36 bits per heavy atom. The molecule has 0 heterocycles. The lowest BCUT2D eigenvalue weighted by Gasteiger charge is -2.31. The van der Waals surface area contributed by atoms with Crippen LogP contribution in [0.4, 0.5) is 10.5 Å². The van der Waals surface area contributed by atoms with Gasteiger partial charge in [0.05, 0.1) is 24.4 Å². The zero-order valence-corrected chi connectivity index (χ0v) is 16.2. The van der Waals surface area contributed by atoms with Crippen LogP contribution >= 0.6 is 0 Å². The van der Waals surface area contributed by atoms with Crippen molar-refractivity contribution < 1.29 is 19.1 Å². The minimum atomic E-state index is -0.419. The summed E-state index contributed by atoms with van der Waals surface area (Å²) in [6.45, 7) is 1.33. The molecular weight excluding hydrogens is 360 g/mol. The number of esters is 1. The van der Waals surface area contributed by atoms with Crippen LogP contribution in [0.5, 0.6) is 0 Å². The van der Waals surface area contributed by atoms with Crippen LogP contribution in [0.3, 0.4) is 0 Å². The van der Waals surface area contributed by atoms with Gasteiger partial charge in [-0.25, -0.2) is 9.80 Å². The van der Waals surface area contributed by atoms with Crippen molar-refractivity contribution in [1.82, 2.24) is 10.7 Å². The van der Waals surface area contributed by atoms with E-state index in [0.29, 0.717) is 23.6 Å². The highest BCUT2D eigenvalue weighted by molar-refractivity contribution is 5.95. The van der Waals surface area contributed by atoms with E-state index >= 15 is 0 Å². The number of methoxy groups -OCH3 is 1. The molecule has 0 spiro atoms. The SMILES string of the molecule is COC(=O)CC[C@H]1CC[C@H](NC(=O)N(NC(C)=O)c2ccc(C#N)cc2)CC1. The van der Waals surface area contributed by atoms with Crippen LogP contribution in [0, 0.1) is 17.2 Å². The minimum Gasteiger partial charge on any atom is -0.469 e. The lowest BCUT2D eigenvalue weighted by Crippen LogP contribution is -2.53. The maximum Gasteiger partial charge on any atom is 0.341 e. The van der Waals surface area contributed by atoms with E-state index in [1.165, 1.54) is 14.0 Å². The summed E-state index contributed by atoms with van der Waals surface area (Å²) in [5.41, 5.74) is 3.46. The molecule has 1 aliphatic carbocycles. The van der Waals surface area contributed by atoms with Crippen molar-refractivity contribution >= 4 is 23.6 Å². The van der Waals surface area contributed by atoms with Crippen LogP contribution in [0.15, 0.2) is 24.3 Å². The van der Waals surface area contributed by atoms with Crippen molar-refractivity contribution in [3.05, 3.63) is 29.8 Å². The van der Waals surface area contributed by atoms with Gasteiger partial charge in [0.2, 0.25) is 5.91 Å². The zero-order valence-electron chi connectivity index (χ0n) is 16.2. The van der Waals surface area contributed by atoms with Crippen LogP contribution in [-0.4, -0.2) is 31.1 Å². The molecule has 1 aromatic carbocycles. The fraction of sp³-hybridized carbons (Fsp3) is 0.500. The number of hydrogen-bond acceptors (Lipinski definition) is 5. The van der Waals surface area contributed by atoms with Gasteiger partial charge in [-0.15, -0.1) is 0 Å². The standard InChI is InChI=1S/C20H26N4O4/c1-14(25)23-24(18-10-5-16(13-21)6-11-18)20(27)22-17-8-3-15(4-9-17)7-12-19(26)28-2/h5-6,10-11,15,17H,3-4,7-9,12H2,1-2H3,(H,22,27)(H,23,25)/t15-,17-. The highest BCUT2D eigenvalue weighted by Crippen LogP contribution is 2.28. The number of carbonyl (C=O) groups is 3.